The van der Waals surface area contributed by atoms with E-state index in [4.69, 9.17) is 0 Å². The van der Waals surface area contributed by atoms with Crippen LogP contribution in [0.15, 0.2) is 30.3 Å². The van der Waals surface area contributed by atoms with Crippen LogP contribution in [0.2, 0.25) is 0 Å². The normalized spacial score (nSPS) is 21.2. The number of urea groups is 1. The molecule has 0 aromatic heterocycles. The minimum Gasteiger partial charge on any atom is -0.355 e. The summed E-state index contributed by atoms with van der Waals surface area (Å²) in [4.78, 5) is 51.9. The number of carbonyl (C=O) groups is 4. The van der Waals surface area contributed by atoms with Gasteiger partial charge in [0, 0.05) is 13.6 Å². The van der Waals surface area contributed by atoms with Crippen molar-refractivity contribution in [1.82, 2.24) is 15.1 Å². The Hall–Kier alpha value is -2.70. The third kappa shape index (κ3) is 2.66. The van der Waals surface area contributed by atoms with Gasteiger partial charge in [-0.1, -0.05) is 37.3 Å². The van der Waals surface area contributed by atoms with Gasteiger partial charge in [0.05, 0.1) is 0 Å². The largest absolute Gasteiger partial charge is 0.355 e. The van der Waals surface area contributed by atoms with Crippen molar-refractivity contribution < 1.29 is 19.2 Å². The lowest BCUT2D eigenvalue weighted by Crippen LogP contribution is -2.67. The number of barbiturate groups is 1. The first kappa shape index (κ1) is 17.7. The Balaban J connectivity index is 2.50. The minimum absolute atomic E-state index is 0.193. The van der Waals surface area contributed by atoms with E-state index in [0.29, 0.717) is 12.1 Å². The highest BCUT2D eigenvalue weighted by atomic mass is 16.2. The monoisotopic (exact) mass is 331 g/mol. The van der Waals surface area contributed by atoms with Gasteiger partial charge in [0.15, 0.2) is 5.41 Å². The van der Waals surface area contributed by atoms with Gasteiger partial charge in [0.2, 0.25) is 5.91 Å². The lowest BCUT2D eigenvalue weighted by molar-refractivity contribution is -0.153. The molecule has 1 fully saturated rings. The standard InChI is InChI=1S/C17H21N3O4/c1-4-17(12-9-7-6-8-10-12)14(22)19(3)16(24)20(15(17)23)11-13(21)18-5-2/h6-10H,4-5,11H2,1-3H3,(H,18,21)/t17-/m0/s1. The maximum atomic E-state index is 13.1. The Morgan fingerprint density at radius 3 is 2.25 bits per heavy atom. The summed E-state index contributed by atoms with van der Waals surface area (Å²) in [7, 11) is 1.33. The first-order valence-electron chi connectivity index (χ1n) is 7.86. The number of likely N-dealkylation sites (N-methyl/N-ethyl adjacent to an activating group) is 2. The summed E-state index contributed by atoms with van der Waals surface area (Å²) >= 11 is 0. The molecule has 128 valence electrons. The number of benzene rings is 1. The van der Waals surface area contributed by atoms with Crippen molar-refractivity contribution in [3.63, 3.8) is 0 Å². The highest BCUT2D eigenvalue weighted by molar-refractivity contribution is 6.23. The van der Waals surface area contributed by atoms with Crippen LogP contribution in [-0.4, -0.2) is 53.7 Å². The van der Waals surface area contributed by atoms with Crippen LogP contribution in [0.3, 0.4) is 0 Å². The Kier molecular flexibility index (Phi) is 5.02. The summed E-state index contributed by atoms with van der Waals surface area (Å²) in [5.41, 5.74) is -0.973. The van der Waals surface area contributed by atoms with Crippen molar-refractivity contribution in [2.24, 2.45) is 0 Å². The second-order valence-corrected chi connectivity index (χ2v) is 5.62. The summed E-state index contributed by atoms with van der Waals surface area (Å²) in [6.07, 6.45) is 0.193. The van der Waals surface area contributed by atoms with Crippen molar-refractivity contribution in [2.75, 3.05) is 20.1 Å². The van der Waals surface area contributed by atoms with Crippen LogP contribution in [-0.2, 0) is 19.8 Å². The second kappa shape index (κ2) is 6.82. The molecule has 24 heavy (non-hydrogen) atoms. The fourth-order valence-corrected chi connectivity index (χ4v) is 2.98. The van der Waals surface area contributed by atoms with Gasteiger partial charge < -0.3 is 5.32 Å². The van der Waals surface area contributed by atoms with Crippen LogP contribution in [0.25, 0.3) is 0 Å². The molecule has 0 radical (unpaired) electrons. The molecule has 0 bridgehead atoms. The van der Waals surface area contributed by atoms with Gasteiger partial charge in [0.25, 0.3) is 11.8 Å². The minimum atomic E-state index is -1.49. The topological polar surface area (TPSA) is 86.8 Å². The molecular formula is C17H21N3O4. The molecular weight excluding hydrogens is 310 g/mol. The zero-order chi connectivity index (χ0) is 17.9. The number of nitrogens with one attached hydrogen (secondary N) is 1. The van der Waals surface area contributed by atoms with Gasteiger partial charge in [-0.15, -0.1) is 0 Å². The molecule has 1 aliphatic rings. The molecule has 0 aliphatic carbocycles. The summed E-state index contributed by atoms with van der Waals surface area (Å²) in [5.74, 6) is -1.67. The highest BCUT2D eigenvalue weighted by Crippen LogP contribution is 2.36. The maximum absolute atomic E-state index is 13.1. The molecule has 1 aliphatic heterocycles. The first-order valence-corrected chi connectivity index (χ1v) is 7.86. The number of carbonyl (C=O) groups excluding carboxylic acids is 4. The lowest BCUT2D eigenvalue weighted by Gasteiger charge is -2.42. The van der Waals surface area contributed by atoms with E-state index in [0.717, 1.165) is 9.80 Å². The molecule has 0 saturated carbocycles. The molecule has 0 spiro atoms. The molecule has 1 aromatic rings. The lowest BCUT2D eigenvalue weighted by atomic mass is 9.74. The number of rotatable bonds is 5. The molecule has 5 amide bonds. The molecule has 1 heterocycles. The highest BCUT2D eigenvalue weighted by Gasteiger charge is 2.56. The average Bonchev–Trinajstić information content (AvgIpc) is 2.59. The summed E-state index contributed by atoms with van der Waals surface area (Å²) in [6.45, 7) is 3.45. The van der Waals surface area contributed by atoms with Crippen LogP contribution in [0, 0.1) is 0 Å². The SMILES string of the molecule is CCNC(=O)CN1C(=O)N(C)C(=O)[C@](CC)(c2ccccc2)C1=O. The number of hydrogen-bond acceptors (Lipinski definition) is 4. The molecule has 7 heteroatoms. The van der Waals surface area contributed by atoms with E-state index in [1.165, 1.54) is 7.05 Å². The smallest absolute Gasteiger partial charge is 0.333 e. The third-order valence-corrected chi connectivity index (χ3v) is 4.27. The number of hydrogen-bond donors (Lipinski definition) is 1. The van der Waals surface area contributed by atoms with Gasteiger partial charge in [0.1, 0.15) is 6.54 Å². The van der Waals surface area contributed by atoms with Crippen LogP contribution in [0.5, 0.6) is 0 Å². The van der Waals surface area contributed by atoms with Crippen molar-refractivity contribution in [1.29, 1.82) is 0 Å². The average molecular weight is 331 g/mol. The Morgan fingerprint density at radius 1 is 1.08 bits per heavy atom. The van der Waals surface area contributed by atoms with E-state index < -0.39 is 35.7 Å². The van der Waals surface area contributed by atoms with Crippen LogP contribution < -0.4 is 5.32 Å². The van der Waals surface area contributed by atoms with E-state index in [-0.39, 0.29) is 6.42 Å². The van der Waals surface area contributed by atoms with E-state index in [1.807, 2.05) is 0 Å². The van der Waals surface area contributed by atoms with Gasteiger partial charge in [-0.05, 0) is 18.9 Å². The fourth-order valence-electron chi connectivity index (χ4n) is 2.98. The van der Waals surface area contributed by atoms with E-state index >= 15 is 0 Å². The fraction of sp³-hybridized carbons (Fsp3) is 0.412. The molecule has 1 atom stereocenters. The van der Waals surface area contributed by atoms with E-state index in [2.05, 4.69) is 5.32 Å². The second-order valence-electron chi connectivity index (χ2n) is 5.62. The molecule has 1 N–H and O–H groups in total. The number of amides is 5. The molecule has 7 nitrogen and oxygen atoms in total. The molecule has 1 saturated heterocycles. The molecule has 1 aromatic carbocycles. The summed E-state index contributed by atoms with van der Waals surface area (Å²) in [6, 6.07) is 7.85. The quantitative estimate of drug-likeness (QED) is 0.812. The van der Waals surface area contributed by atoms with E-state index in [9.17, 15) is 19.2 Å². The number of nitrogens with zero attached hydrogens (tertiary/aromatic N) is 2. The Bertz CT molecular complexity index is 674. The zero-order valence-corrected chi connectivity index (χ0v) is 14.0. The Morgan fingerprint density at radius 2 is 1.71 bits per heavy atom. The van der Waals surface area contributed by atoms with E-state index in [1.54, 1.807) is 44.2 Å². The van der Waals surface area contributed by atoms with Crippen molar-refractivity contribution >= 4 is 23.8 Å². The van der Waals surface area contributed by atoms with Gasteiger partial charge in [-0.3, -0.25) is 24.2 Å². The van der Waals surface area contributed by atoms with Crippen molar-refractivity contribution in [2.45, 2.75) is 25.7 Å². The number of imide groups is 2. The van der Waals surface area contributed by atoms with Crippen LogP contribution >= 0.6 is 0 Å². The molecule has 2 rings (SSSR count). The van der Waals surface area contributed by atoms with Gasteiger partial charge >= 0.3 is 6.03 Å². The van der Waals surface area contributed by atoms with Crippen LogP contribution in [0.1, 0.15) is 25.8 Å². The van der Waals surface area contributed by atoms with Crippen molar-refractivity contribution in [3.05, 3.63) is 35.9 Å². The molecule has 0 unspecified atom stereocenters. The first-order chi connectivity index (χ1) is 11.4. The predicted molar refractivity (Wildman–Crippen MR) is 87.0 cm³/mol. The van der Waals surface area contributed by atoms with Gasteiger partial charge in [-0.2, -0.15) is 0 Å². The van der Waals surface area contributed by atoms with Crippen LogP contribution in [0.4, 0.5) is 4.79 Å². The predicted octanol–water partition coefficient (Wildman–Crippen LogP) is 0.891. The van der Waals surface area contributed by atoms with Gasteiger partial charge in [-0.25, -0.2) is 4.79 Å². The Labute approximate surface area is 140 Å². The van der Waals surface area contributed by atoms with Crippen molar-refractivity contribution in [3.8, 4) is 0 Å². The third-order valence-electron chi connectivity index (χ3n) is 4.27. The summed E-state index contributed by atoms with van der Waals surface area (Å²) < 4.78 is 0. The summed E-state index contributed by atoms with van der Waals surface area (Å²) in [5, 5.41) is 2.56. The maximum Gasteiger partial charge on any atom is 0.333 e. The zero-order valence-electron chi connectivity index (χ0n) is 14.0.